The van der Waals surface area contributed by atoms with Gasteiger partial charge in [0.05, 0.1) is 5.56 Å². The average Bonchev–Trinajstić information content (AvgIpc) is 2.84. The lowest BCUT2D eigenvalue weighted by Crippen LogP contribution is -2.41. The number of benzene rings is 3. The maximum absolute atomic E-state index is 12.9. The Morgan fingerprint density at radius 2 is 1.45 bits per heavy atom. The molecular formula is C26H23F3N2O2. The minimum Gasteiger partial charge on any atom is -0.339 e. The van der Waals surface area contributed by atoms with Crippen LogP contribution in [0.2, 0.25) is 0 Å². The van der Waals surface area contributed by atoms with Gasteiger partial charge in [-0.25, -0.2) is 0 Å². The van der Waals surface area contributed by atoms with Crippen molar-refractivity contribution in [2.24, 2.45) is 5.92 Å². The van der Waals surface area contributed by atoms with Crippen LogP contribution in [0.15, 0.2) is 78.9 Å². The number of alkyl halides is 3. The van der Waals surface area contributed by atoms with Crippen LogP contribution in [-0.4, -0.2) is 29.8 Å². The minimum atomic E-state index is -4.47. The number of rotatable bonds is 4. The summed E-state index contributed by atoms with van der Waals surface area (Å²) in [7, 11) is 0. The van der Waals surface area contributed by atoms with Gasteiger partial charge >= 0.3 is 6.18 Å². The van der Waals surface area contributed by atoms with Crippen LogP contribution in [0.3, 0.4) is 0 Å². The summed E-state index contributed by atoms with van der Waals surface area (Å²) in [6.45, 7) is 0.833. The minimum absolute atomic E-state index is 0.0913. The van der Waals surface area contributed by atoms with Crippen molar-refractivity contribution < 1.29 is 22.8 Å². The molecule has 4 nitrogen and oxygen atoms in total. The van der Waals surface area contributed by atoms with Gasteiger partial charge in [0.25, 0.3) is 5.91 Å². The molecule has 0 aliphatic carbocycles. The van der Waals surface area contributed by atoms with E-state index in [1.54, 1.807) is 17.0 Å². The predicted molar refractivity (Wildman–Crippen MR) is 121 cm³/mol. The summed E-state index contributed by atoms with van der Waals surface area (Å²) in [5, 5.41) is 2.58. The highest BCUT2D eigenvalue weighted by atomic mass is 19.4. The normalized spacial score (nSPS) is 14.7. The molecule has 0 aromatic heterocycles. The molecule has 33 heavy (non-hydrogen) atoms. The second kappa shape index (κ2) is 9.48. The van der Waals surface area contributed by atoms with Gasteiger partial charge in [-0.05, 0) is 54.3 Å². The first-order valence-corrected chi connectivity index (χ1v) is 10.7. The van der Waals surface area contributed by atoms with Crippen LogP contribution in [-0.2, 0) is 11.0 Å². The van der Waals surface area contributed by atoms with Gasteiger partial charge in [0.2, 0.25) is 5.91 Å². The Hall–Kier alpha value is -3.61. The highest BCUT2D eigenvalue weighted by molar-refractivity contribution is 5.95. The first kappa shape index (κ1) is 22.6. The number of anilines is 1. The van der Waals surface area contributed by atoms with Gasteiger partial charge in [-0.3, -0.25) is 9.59 Å². The Labute approximate surface area is 190 Å². The Morgan fingerprint density at radius 3 is 2.09 bits per heavy atom. The second-order valence-corrected chi connectivity index (χ2v) is 8.08. The van der Waals surface area contributed by atoms with Gasteiger partial charge in [0.15, 0.2) is 0 Å². The summed E-state index contributed by atoms with van der Waals surface area (Å²) in [6, 6.07) is 21.9. The quantitative estimate of drug-likeness (QED) is 0.539. The van der Waals surface area contributed by atoms with Crippen molar-refractivity contribution in [3.05, 3.63) is 90.0 Å². The fraction of sp³-hybridized carbons (Fsp3) is 0.231. The van der Waals surface area contributed by atoms with Crippen LogP contribution in [0.4, 0.5) is 18.9 Å². The van der Waals surface area contributed by atoms with Crippen LogP contribution in [0.25, 0.3) is 11.1 Å². The van der Waals surface area contributed by atoms with Crippen LogP contribution < -0.4 is 5.32 Å². The highest BCUT2D eigenvalue weighted by Crippen LogP contribution is 2.31. The second-order valence-electron chi connectivity index (χ2n) is 8.08. The van der Waals surface area contributed by atoms with E-state index in [1.165, 1.54) is 12.1 Å². The molecule has 1 heterocycles. The molecule has 2 amide bonds. The lowest BCUT2D eigenvalue weighted by atomic mass is 9.95. The summed E-state index contributed by atoms with van der Waals surface area (Å²) in [5.41, 5.74) is 1.99. The molecule has 0 saturated carbocycles. The van der Waals surface area contributed by atoms with E-state index in [0.29, 0.717) is 31.5 Å². The van der Waals surface area contributed by atoms with Crippen molar-refractivity contribution in [2.75, 3.05) is 18.4 Å². The van der Waals surface area contributed by atoms with E-state index in [9.17, 15) is 22.8 Å². The van der Waals surface area contributed by atoms with Gasteiger partial charge in [-0.2, -0.15) is 13.2 Å². The predicted octanol–water partition coefficient (Wildman–Crippen LogP) is 5.86. The highest BCUT2D eigenvalue weighted by Gasteiger charge is 2.31. The molecule has 0 atom stereocenters. The van der Waals surface area contributed by atoms with E-state index < -0.39 is 11.7 Å². The summed E-state index contributed by atoms with van der Waals surface area (Å²) in [5.74, 6) is -0.774. The molecule has 1 aliphatic heterocycles. The fourth-order valence-electron chi connectivity index (χ4n) is 3.98. The zero-order valence-corrected chi connectivity index (χ0v) is 17.8. The van der Waals surface area contributed by atoms with Crippen LogP contribution in [0.1, 0.15) is 28.8 Å². The smallest absolute Gasteiger partial charge is 0.339 e. The van der Waals surface area contributed by atoms with Gasteiger partial charge in [-0.1, -0.05) is 48.5 Å². The molecule has 1 fully saturated rings. The van der Waals surface area contributed by atoms with E-state index >= 15 is 0 Å². The van der Waals surface area contributed by atoms with E-state index in [-0.39, 0.29) is 23.4 Å². The van der Waals surface area contributed by atoms with E-state index in [2.05, 4.69) is 5.32 Å². The fourth-order valence-corrected chi connectivity index (χ4v) is 3.98. The van der Waals surface area contributed by atoms with E-state index in [0.717, 1.165) is 23.3 Å². The number of carbonyl (C=O) groups excluding carboxylic acids is 2. The molecule has 7 heteroatoms. The van der Waals surface area contributed by atoms with Crippen LogP contribution in [0.5, 0.6) is 0 Å². The number of halogens is 3. The molecule has 1 aliphatic rings. The molecule has 0 spiro atoms. The zero-order valence-electron chi connectivity index (χ0n) is 17.8. The molecular weight excluding hydrogens is 429 g/mol. The van der Waals surface area contributed by atoms with Crippen molar-refractivity contribution in [3.63, 3.8) is 0 Å². The molecule has 3 aromatic rings. The number of nitrogens with one attached hydrogen (secondary N) is 1. The van der Waals surface area contributed by atoms with Crippen molar-refractivity contribution in [1.29, 1.82) is 0 Å². The Balaban J connectivity index is 1.33. The molecule has 4 rings (SSSR count). The molecule has 0 bridgehead atoms. The number of hydrogen-bond acceptors (Lipinski definition) is 2. The summed E-state index contributed by atoms with van der Waals surface area (Å²) in [6.07, 6.45) is -3.55. The molecule has 3 aromatic carbocycles. The maximum Gasteiger partial charge on any atom is 0.416 e. The van der Waals surface area contributed by atoms with Gasteiger partial charge in [0, 0.05) is 30.3 Å². The zero-order chi connectivity index (χ0) is 23.4. The topological polar surface area (TPSA) is 49.4 Å². The standard InChI is InChI=1S/C26H23F3N2O2/c27-26(28,29)22-7-4-8-23(17-22)30-24(32)20-13-15-31(16-14-20)25(33)21-11-9-19(10-12-21)18-5-2-1-3-6-18/h1-12,17,20H,13-16H2,(H,30,32). The molecule has 1 N–H and O–H groups in total. The maximum atomic E-state index is 12.9. The number of carbonyl (C=O) groups is 2. The van der Waals surface area contributed by atoms with Gasteiger partial charge in [0.1, 0.15) is 0 Å². The number of likely N-dealkylation sites (tertiary alicyclic amines) is 1. The lowest BCUT2D eigenvalue weighted by Gasteiger charge is -2.31. The van der Waals surface area contributed by atoms with E-state index in [4.69, 9.17) is 0 Å². The molecule has 1 saturated heterocycles. The van der Waals surface area contributed by atoms with Crippen molar-refractivity contribution in [2.45, 2.75) is 19.0 Å². The van der Waals surface area contributed by atoms with Gasteiger partial charge in [-0.15, -0.1) is 0 Å². The first-order valence-electron chi connectivity index (χ1n) is 10.7. The Morgan fingerprint density at radius 1 is 0.818 bits per heavy atom. The molecule has 170 valence electrons. The van der Waals surface area contributed by atoms with Gasteiger partial charge < -0.3 is 10.2 Å². The monoisotopic (exact) mass is 452 g/mol. The average molecular weight is 452 g/mol. The number of piperidine rings is 1. The number of hydrogen-bond donors (Lipinski definition) is 1. The third-order valence-corrected chi connectivity index (χ3v) is 5.85. The van der Waals surface area contributed by atoms with E-state index in [1.807, 2.05) is 42.5 Å². The number of nitrogens with zero attached hydrogens (tertiary/aromatic N) is 1. The summed E-state index contributed by atoms with van der Waals surface area (Å²) >= 11 is 0. The first-order chi connectivity index (χ1) is 15.8. The van der Waals surface area contributed by atoms with Crippen molar-refractivity contribution >= 4 is 17.5 Å². The largest absolute Gasteiger partial charge is 0.416 e. The molecule has 0 radical (unpaired) electrons. The van der Waals surface area contributed by atoms with Crippen LogP contribution in [0, 0.1) is 5.92 Å². The summed E-state index contributed by atoms with van der Waals surface area (Å²) in [4.78, 5) is 27.1. The van der Waals surface area contributed by atoms with Crippen molar-refractivity contribution in [1.82, 2.24) is 4.90 Å². The molecule has 0 unspecified atom stereocenters. The third kappa shape index (κ3) is 5.42. The number of amides is 2. The van der Waals surface area contributed by atoms with Crippen LogP contribution >= 0.6 is 0 Å². The summed E-state index contributed by atoms with van der Waals surface area (Å²) < 4.78 is 38.6. The lowest BCUT2D eigenvalue weighted by molar-refractivity contribution is -0.137. The third-order valence-electron chi connectivity index (χ3n) is 5.85. The Bertz CT molecular complexity index is 1120. The SMILES string of the molecule is O=C(Nc1cccc(C(F)(F)F)c1)C1CCN(C(=O)c2ccc(-c3ccccc3)cc2)CC1. The Kier molecular flexibility index (Phi) is 6.49. The van der Waals surface area contributed by atoms with Crippen molar-refractivity contribution in [3.8, 4) is 11.1 Å².